The number of amides is 9. The van der Waals surface area contributed by atoms with Gasteiger partial charge in [-0.05, 0) is 94.5 Å². The maximum absolute atomic E-state index is 14.6. The molecule has 0 aliphatic carbocycles. The third-order valence-electron chi connectivity index (χ3n) is 13.0. The molecule has 480 valence electrons. The largest absolute Gasteiger partial charge is 0.508 e. The van der Waals surface area contributed by atoms with Gasteiger partial charge in [-0.15, -0.1) is 0 Å². The first-order valence-corrected chi connectivity index (χ1v) is 28.0. The molecule has 2 aromatic rings. The van der Waals surface area contributed by atoms with Crippen molar-refractivity contribution in [2.45, 2.75) is 145 Å². The number of aromatic nitrogens is 2. The average Bonchev–Trinajstić information content (AvgIpc) is 4.00. The van der Waals surface area contributed by atoms with Gasteiger partial charge in [-0.3, -0.25) is 53.1 Å². The summed E-state index contributed by atoms with van der Waals surface area (Å²) < 4.78 is 0. The second-order valence-corrected chi connectivity index (χ2v) is 20.4. The third kappa shape index (κ3) is 28.2. The smallest absolute Gasteiger partial charge is 0.326 e. The van der Waals surface area contributed by atoms with Crippen LogP contribution in [-0.2, 0) is 60.8 Å². The fraction of sp³-hybridized carbons (Fsp3) is 0.596. The van der Waals surface area contributed by atoms with Gasteiger partial charge in [-0.25, -0.2) is 9.78 Å². The van der Waals surface area contributed by atoms with Crippen LogP contribution in [0.1, 0.15) is 89.3 Å². The highest BCUT2D eigenvalue weighted by molar-refractivity contribution is 5.98. The molecule has 0 aliphatic rings. The Bertz CT molecular complexity index is 2550. The van der Waals surface area contributed by atoms with Crippen LogP contribution in [0, 0.1) is 5.92 Å². The van der Waals surface area contributed by atoms with Gasteiger partial charge >= 0.3 is 5.97 Å². The molecule has 0 radical (unpaired) electrons. The number of aromatic hydroxyl groups is 1. The van der Waals surface area contributed by atoms with Crippen molar-refractivity contribution in [1.82, 2.24) is 57.8 Å². The zero-order chi connectivity index (χ0) is 64.3. The number of phenols is 1. The summed E-state index contributed by atoms with van der Waals surface area (Å²) in [7, 11) is 0. The minimum Gasteiger partial charge on any atom is -0.508 e. The Morgan fingerprint density at radius 1 is 0.547 bits per heavy atom. The van der Waals surface area contributed by atoms with Crippen molar-refractivity contribution in [2.24, 2.45) is 56.0 Å². The number of nitrogens with one attached hydrogen (secondary N) is 10. The van der Waals surface area contributed by atoms with Gasteiger partial charge in [0.1, 0.15) is 54.1 Å². The Morgan fingerprint density at radius 2 is 0.988 bits per heavy atom. The van der Waals surface area contributed by atoms with Crippen LogP contribution in [0.2, 0.25) is 0 Å². The van der Waals surface area contributed by atoms with Crippen molar-refractivity contribution in [3.8, 4) is 5.75 Å². The van der Waals surface area contributed by atoms with Crippen LogP contribution < -0.4 is 88.0 Å². The van der Waals surface area contributed by atoms with E-state index < -0.39 is 139 Å². The number of carbonyl (C=O) groups is 10. The van der Waals surface area contributed by atoms with Gasteiger partial charge in [-0.2, -0.15) is 0 Å². The van der Waals surface area contributed by atoms with Gasteiger partial charge in [0.05, 0.1) is 32.1 Å². The van der Waals surface area contributed by atoms with E-state index in [4.69, 9.17) is 40.1 Å². The average molecular weight is 1220 g/mol. The summed E-state index contributed by atoms with van der Waals surface area (Å²) >= 11 is 0. The number of carboxylic acids is 1. The Balaban J connectivity index is 2.46. The Labute approximate surface area is 497 Å². The van der Waals surface area contributed by atoms with Crippen molar-refractivity contribution in [2.75, 3.05) is 45.9 Å². The molecular formula is C52H88N20O14. The number of unbranched alkanes of at least 4 members (excludes halogenated alkanes) is 2. The van der Waals surface area contributed by atoms with Crippen molar-refractivity contribution >= 4 is 71.1 Å². The minimum absolute atomic E-state index is 0.0359. The van der Waals surface area contributed by atoms with Crippen molar-refractivity contribution in [3.63, 3.8) is 0 Å². The predicted molar refractivity (Wildman–Crippen MR) is 313 cm³/mol. The topological polar surface area (TPSA) is 595 Å². The SMILES string of the molecule is CC(C)[C@H](NC(=O)[C@@H](N)CCCCN)C(=O)NCC(=O)N[C@@H](CO)C(=O)N[C@@H](CCCN=C(N)N)C(=O)N[C@@H](CCCN=C(N)N)C(=O)N[C@@H](Cc1ccc(O)cc1)C(=O)N[C@@H](CCCCN)C(=O)N[C@@H](CO)C(=O)N[C@@H](Cc1cnc[nH]1)C(=O)O. The predicted octanol–water partition coefficient (Wildman–Crippen LogP) is -7.69. The number of carbonyl (C=O) groups excluding carboxylic acids is 9. The summed E-state index contributed by atoms with van der Waals surface area (Å²) in [4.78, 5) is 150. The number of rotatable bonds is 42. The van der Waals surface area contributed by atoms with Crippen LogP contribution in [-0.4, -0.2) is 202 Å². The highest BCUT2D eigenvalue weighted by Gasteiger charge is 2.35. The number of guanidine groups is 2. The highest BCUT2D eigenvalue weighted by Crippen LogP contribution is 2.14. The van der Waals surface area contributed by atoms with Crippen LogP contribution in [0.25, 0.3) is 0 Å². The zero-order valence-electron chi connectivity index (χ0n) is 48.4. The van der Waals surface area contributed by atoms with Gasteiger partial charge in [0, 0.05) is 37.8 Å². The first-order chi connectivity index (χ1) is 40.8. The number of aliphatic hydroxyl groups excluding tert-OH is 2. The lowest BCUT2D eigenvalue weighted by Gasteiger charge is -2.28. The molecule has 86 heavy (non-hydrogen) atoms. The van der Waals surface area contributed by atoms with E-state index in [1.807, 2.05) is 0 Å². The molecule has 1 aromatic carbocycles. The molecule has 9 atom stereocenters. The number of imidazole rings is 1. The van der Waals surface area contributed by atoms with Crippen LogP contribution in [0.15, 0.2) is 46.8 Å². The number of aromatic amines is 1. The van der Waals surface area contributed by atoms with E-state index in [1.54, 1.807) is 13.8 Å². The normalized spacial score (nSPS) is 14.1. The van der Waals surface area contributed by atoms with Crippen LogP contribution in [0.4, 0.5) is 0 Å². The molecule has 0 spiro atoms. The van der Waals surface area contributed by atoms with Crippen molar-refractivity contribution in [1.29, 1.82) is 0 Å². The van der Waals surface area contributed by atoms with Gasteiger partial charge in [-0.1, -0.05) is 32.4 Å². The molecule has 0 fully saturated rings. The second-order valence-electron chi connectivity index (χ2n) is 20.4. The second kappa shape index (κ2) is 39.7. The lowest BCUT2D eigenvalue weighted by atomic mass is 10.0. The van der Waals surface area contributed by atoms with Gasteiger partial charge < -0.3 is 113 Å². The molecule has 9 amide bonds. The number of phenolic OH excluding ortho intramolecular Hbond substituents is 1. The minimum atomic E-state index is -1.72. The van der Waals surface area contributed by atoms with E-state index >= 15 is 0 Å². The zero-order valence-corrected chi connectivity index (χ0v) is 48.4. The maximum Gasteiger partial charge on any atom is 0.326 e. The lowest BCUT2D eigenvalue weighted by Crippen LogP contribution is -2.61. The molecule has 28 N–H and O–H groups in total. The summed E-state index contributed by atoms with van der Waals surface area (Å²) in [6.45, 7) is 1.08. The molecule has 1 aromatic heterocycles. The van der Waals surface area contributed by atoms with Crippen LogP contribution in [0.3, 0.4) is 0 Å². The fourth-order valence-electron chi connectivity index (χ4n) is 8.18. The number of hydrogen-bond donors (Lipinski definition) is 21. The molecule has 1 heterocycles. The Hall–Kier alpha value is -8.73. The molecular weight excluding hydrogens is 1130 g/mol. The number of aliphatic imine (C=N–C) groups is 2. The standard InChI is InChI=1S/C52H88N20O14/c1-28(2)41(72-42(77)32(55)9-3-5-17-53)49(84)63-24-40(76)65-38(25-73)47(82)68-34(11-7-19-61-51(56)57)43(78)66-35(12-8-20-62-52(58)59)44(79)69-36(21-29-13-15-31(75)16-14-29)46(81)67-33(10-4-6-18-54)45(80)71-39(26-74)48(83)70-37(50(85)86)22-30-23-60-27-64-30/h13-16,23,27-28,32-39,41,73-75H,3-12,17-22,24-26,53-55H2,1-2H3,(H,60,64)(H,63,84)(H,65,76)(H,66,78)(H,67,81)(H,68,82)(H,69,79)(H,70,83)(H,71,80)(H,72,77)(H,85,86)(H4,56,57,61)(H4,58,59,62)/t32-,33-,34-,35-,36-,37-,38-,39-,41-/m0/s1. The van der Waals surface area contributed by atoms with E-state index in [2.05, 4.69) is 67.8 Å². The van der Waals surface area contributed by atoms with E-state index in [1.165, 1.54) is 36.8 Å². The molecule has 2 rings (SSSR count). The number of aliphatic carboxylic acids is 1. The molecule has 0 aliphatic heterocycles. The van der Waals surface area contributed by atoms with Crippen molar-refractivity contribution < 1.29 is 68.4 Å². The molecule has 0 saturated carbocycles. The maximum atomic E-state index is 14.6. The van der Waals surface area contributed by atoms with Gasteiger partial charge in [0.15, 0.2) is 11.9 Å². The Morgan fingerprint density at radius 3 is 1.44 bits per heavy atom. The number of hydrogen-bond acceptors (Lipinski definition) is 19. The van der Waals surface area contributed by atoms with Crippen LogP contribution >= 0.6 is 0 Å². The summed E-state index contributed by atoms with van der Waals surface area (Å²) in [6.07, 6.45) is 3.87. The van der Waals surface area contributed by atoms with E-state index in [9.17, 15) is 68.4 Å². The summed E-state index contributed by atoms with van der Waals surface area (Å²) in [5.41, 5.74) is 40.1. The number of benzene rings is 1. The molecule has 34 heteroatoms. The van der Waals surface area contributed by atoms with E-state index in [-0.39, 0.29) is 88.7 Å². The first-order valence-electron chi connectivity index (χ1n) is 28.0. The summed E-state index contributed by atoms with van der Waals surface area (Å²) in [6, 6.07) is -7.54. The number of aliphatic hydroxyl groups is 2. The summed E-state index contributed by atoms with van der Waals surface area (Å²) in [5, 5.41) is 62.4. The quantitative estimate of drug-likeness (QED) is 0.0167. The molecule has 34 nitrogen and oxygen atoms in total. The first kappa shape index (κ1) is 73.4. The lowest BCUT2D eigenvalue weighted by molar-refractivity contribution is -0.142. The van der Waals surface area contributed by atoms with Crippen molar-refractivity contribution in [3.05, 3.63) is 48.0 Å². The van der Waals surface area contributed by atoms with Gasteiger partial charge in [0.2, 0.25) is 53.2 Å². The number of nitrogens with two attached hydrogens (primary N) is 7. The monoisotopic (exact) mass is 1220 g/mol. The van der Waals surface area contributed by atoms with Gasteiger partial charge in [0.25, 0.3) is 0 Å². The molecule has 0 bridgehead atoms. The van der Waals surface area contributed by atoms with E-state index in [0.29, 0.717) is 43.5 Å². The highest BCUT2D eigenvalue weighted by atomic mass is 16.4. The number of H-pyrrole nitrogens is 1. The number of carboxylic acid groups (broad SMARTS) is 1. The molecule has 0 unspecified atom stereocenters. The molecule has 0 saturated heterocycles. The van der Waals surface area contributed by atoms with Crippen LogP contribution in [0.5, 0.6) is 5.75 Å². The Kier molecular flexibility index (Phi) is 33.9. The summed E-state index contributed by atoms with van der Waals surface area (Å²) in [5.74, 6) is -11.0. The van der Waals surface area contributed by atoms with E-state index in [0.717, 1.165) is 0 Å². The fourth-order valence-corrected chi connectivity index (χ4v) is 8.18. The number of nitrogens with zero attached hydrogens (tertiary/aromatic N) is 3. The third-order valence-corrected chi connectivity index (χ3v) is 13.0.